The van der Waals surface area contributed by atoms with Crippen LogP contribution in [0.1, 0.15) is 72.1 Å². The minimum absolute atomic E-state index is 0.00376. The van der Waals surface area contributed by atoms with Gasteiger partial charge in [0.15, 0.2) is 0 Å². The van der Waals surface area contributed by atoms with Crippen molar-refractivity contribution in [1.82, 2.24) is 0 Å². The summed E-state index contributed by atoms with van der Waals surface area (Å²) in [5.74, 6) is 2.60. The van der Waals surface area contributed by atoms with Crippen LogP contribution in [0, 0.1) is 40.4 Å². The number of hydrogen-bond donors (Lipinski definition) is 2. The molecule has 0 unspecified atom stereocenters. The average molecular weight is 335 g/mol. The third-order valence-electron chi connectivity index (χ3n) is 9.10. The molecule has 0 saturated heterocycles. The van der Waals surface area contributed by atoms with Crippen molar-refractivity contribution in [3.05, 3.63) is 0 Å². The summed E-state index contributed by atoms with van der Waals surface area (Å²) in [7, 11) is 0. The third-order valence-corrected chi connectivity index (χ3v) is 9.10. The molecule has 9 atom stereocenters. The molecule has 0 aromatic carbocycles. The molecule has 4 aliphatic rings. The molecular weight excluding hydrogens is 300 g/mol. The first kappa shape index (κ1) is 17.0. The molecule has 0 spiro atoms. The summed E-state index contributed by atoms with van der Waals surface area (Å²) in [6.07, 6.45) is 8.14. The smallest absolute Gasteiger partial charge is 0.136 e. The van der Waals surface area contributed by atoms with Gasteiger partial charge in [0.1, 0.15) is 5.78 Å². The van der Waals surface area contributed by atoms with Gasteiger partial charge in [-0.25, -0.2) is 0 Å². The van der Waals surface area contributed by atoms with E-state index in [1.165, 1.54) is 19.3 Å². The molecule has 0 bridgehead atoms. The van der Waals surface area contributed by atoms with Crippen molar-refractivity contribution in [2.24, 2.45) is 40.4 Å². The Morgan fingerprint density at radius 1 is 0.917 bits per heavy atom. The molecule has 4 rings (SSSR count). The summed E-state index contributed by atoms with van der Waals surface area (Å²) in [6, 6.07) is 0. The number of hydrogen-bond acceptors (Lipinski definition) is 3. The maximum atomic E-state index is 12.2. The van der Waals surface area contributed by atoms with Crippen molar-refractivity contribution < 1.29 is 15.0 Å². The van der Waals surface area contributed by atoms with Crippen LogP contribution >= 0.6 is 0 Å². The highest BCUT2D eigenvalue weighted by atomic mass is 16.3. The number of rotatable bonds is 1. The molecule has 3 heteroatoms. The standard InChI is InChI=1S/C21H34O3/c1-12(22)19-18(24)11-17-15-5-4-13-10-14(23)6-8-20(13,2)16(15)7-9-21(17,19)3/h13-19,23-24H,4-11H2,1-3H3/t13-,14+,15+,16+,17+,18+,19-,20-,21-/m0/s1. The van der Waals surface area contributed by atoms with Crippen LogP contribution in [-0.2, 0) is 4.79 Å². The van der Waals surface area contributed by atoms with Crippen molar-refractivity contribution in [3.8, 4) is 0 Å². The van der Waals surface area contributed by atoms with Gasteiger partial charge in [-0.05, 0) is 92.8 Å². The second kappa shape index (κ2) is 5.54. The predicted molar refractivity (Wildman–Crippen MR) is 93.3 cm³/mol. The van der Waals surface area contributed by atoms with Crippen molar-refractivity contribution in [2.75, 3.05) is 0 Å². The van der Waals surface area contributed by atoms with E-state index in [1.54, 1.807) is 6.92 Å². The first-order valence-corrected chi connectivity index (χ1v) is 10.1. The first-order chi connectivity index (χ1) is 11.3. The van der Waals surface area contributed by atoms with E-state index in [2.05, 4.69) is 13.8 Å². The highest BCUT2D eigenvalue weighted by Crippen LogP contribution is 2.67. The fourth-order valence-corrected chi connectivity index (χ4v) is 7.98. The monoisotopic (exact) mass is 334 g/mol. The van der Waals surface area contributed by atoms with Gasteiger partial charge < -0.3 is 10.2 Å². The fraction of sp³-hybridized carbons (Fsp3) is 0.952. The zero-order valence-corrected chi connectivity index (χ0v) is 15.5. The molecular formula is C21H34O3. The Balaban J connectivity index is 1.64. The molecule has 3 nitrogen and oxygen atoms in total. The Kier molecular flexibility index (Phi) is 3.93. The normalized spacial score (nSPS) is 57.0. The number of carbonyl (C=O) groups is 1. The lowest BCUT2D eigenvalue weighted by Gasteiger charge is -2.60. The summed E-state index contributed by atoms with van der Waals surface area (Å²) in [4.78, 5) is 12.2. The Morgan fingerprint density at radius 2 is 1.62 bits per heavy atom. The molecule has 0 amide bonds. The van der Waals surface area contributed by atoms with E-state index in [-0.39, 0.29) is 23.2 Å². The van der Waals surface area contributed by atoms with Crippen molar-refractivity contribution in [2.45, 2.75) is 84.3 Å². The lowest BCUT2D eigenvalue weighted by Crippen LogP contribution is -2.54. The number of Topliss-reactive ketones (excluding diaryl/α,β-unsaturated/α-hetero) is 1. The topological polar surface area (TPSA) is 57.5 Å². The van der Waals surface area contributed by atoms with E-state index in [4.69, 9.17) is 0 Å². The maximum absolute atomic E-state index is 12.2. The van der Waals surface area contributed by atoms with E-state index in [9.17, 15) is 15.0 Å². The minimum atomic E-state index is -0.435. The van der Waals surface area contributed by atoms with Gasteiger partial charge in [-0.15, -0.1) is 0 Å². The number of aliphatic hydroxyl groups is 2. The number of fused-ring (bicyclic) bond motifs is 5. The molecule has 2 N–H and O–H groups in total. The molecule has 0 aromatic rings. The Hall–Kier alpha value is -0.410. The van der Waals surface area contributed by atoms with Gasteiger partial charge in [-0.1, -0.05) is 13.8 Å². The van der Waals surface area contributed by atoms with Gasteiger partial charge in [0.25, 0.3) is 0 Å². The van der Waals surface area contributed by atoms with Crippen molar-refractivity contribution in [3.63, 3.8) is 0 Å². The van der Waals surface area contributed by atoms with Crippen molar-refractivity contribution >= 4 is 5.78 Å². The van der Waals surface area contributed by atoms with Crippen LogP contribution < -0.4 is 0 Å². The minimum Gasteiger partial charge on any atom is -0.393 e. The Morgan fingerprint density at radius 3 is 2.33 bits per heavy atom. The van der Waals surface area contributed by atoms with Crippen LogP contribution in [0.15, 0.2) is 0 Å². The van der Waals surface area contributed by atoms with E-state index < -0.39 is 6.10 Å². The molecule has 0 aromatic heterocycles. The molecule has 4 saturated carbocycles. The van der Waals surface area contributed by atoms with Crippen LogP contribution in [0.5, 0.6) is 0 Å². The summed E-state index contributed by atoms with van der Waals surface area (Å²) < 4.78 is 0. The maximum Gasteiger partial charge on any atom is 0.136 e. The highest BCUT2D eigenvalue weighted by molar-refractivity contribution is 5.80. The zero-order chi connectivity index (χ0) is 17.3. The van der Waals surface area contributed by atoms with Gasteiger partial charge in [0.2, 0.25) is 0 Å². The van der Waals surface area contributed by atoms with E-state index >= 15 is 0 Å². The molecule has 0 heterocycles. The van der Waals surface area contributed by atoms with Crippen molar-refractivity contribution in [1.29, 1.82) is 0 Å². The van der Waals surface area contributed by atoms with Gasteiger partial charge in [-0.3, -0.25) is 4.79 Å². The Labute approximate surface area is 146 Å². The van der Waals surface area contributed by atoms with Crippen LogP contribution in [0.2, 0.25) is 0 Å². The average Bonchev–Trinajstić information content (AvgIpc) is 2.78. The fourth-order valence-electron chi connectivity index (χ4n) is 7.98. The summed E-state index contributed by atoms with van der Waals surface area (Å²) in [5.41, 5.74) is 0.368. The molecule has 24 heavy (non-hydrogen) atoms. The number of aliphatic hydroxyl groups excluding tert-OH is 2. The second-order valence-corrected chi connectivity index (χ2v) is 10.0. The van der Waals surface area contributed by atoms with Crippen LogP contribution in [-0.4, -0.2) is 28.2 Å². The second-order valence-electron chi connectivity index (χ2n) is 10.0. The SMILES string of the molecule is CC(=O)[C@H]1[C@H](O)C[C@@H]2[C@@H]3CC[C@H]4C[C@H](O)CC[C@]4(C)[C@@H]3CC[C@@]21C. The van der Waals surface area contributed by atoms with E-state index in [0.717, 1.165) is 38.0 Å². The summed E-state index contributed by atoms with van der Waals surface area (Å²) in [5, 5.41) is 20.7. The largest absolute Gasteiger partial charge is 0.393 e. The lowest BCUT2D eigenvalue weighted by atomic mass is 9.44. The van der Waals surface area contributed by atoms with Gasteiger partial charge in [0, 0.05) is 5.92 Å². The van der Waals surface area contributed by atoms with E-state index in [1.807, 2.05) is 0 Å². The van der Waals surface area contributed by atoms with Crippen LogP contribution in [0.3, 0.4) is 0 Å². The van der Waals surface area contributed by atoms with E-state index in [0.29, 0.717) is 23.2 Å². The molecule has 4 fully saturated rings. The lowest BCUT2D eigenvalue weighted by molar-refractivity contribution is -0.140. The first-order valence-electron chi connectivity index (χ1n) is 10.1. The van der Waals surface area contributed by atoms with Gasteiger partial charge in [-0.2, -0.15) is 0 Å². The molecule has 0 radical (unpaired) electrons. The van der Waals surface area contributed by atoms with Crippen LogP contribution in [0.25, 0.3) is 0 Å². The summed E-state index contributed by atoms with van der Waals surface area (Å²) >= 11 is 0. The third kappa shape index (κ3) is 2.19. The Bertz CT molecular complexity index is 531. The molecule has 0 aliphatic heterocycles. The predicted octanol–water partition coefficient (Wildman–Crippen LogP) is 3.57. The highest BCUT2D eigenvalue weighted by Gasteiger charge is 2.62. The molecule has 136 valence electrons. The van der Waals surface area contributed by atoms with Gasteiger partial charge in [0.05, 0.1) is 12.2 Å². The number of ketones is 1. The molecule has 4 aliphatic carbocycles. The quantitative estimate of drug-likeness (QED) is 0.771. The number of carbonyl (C=O) groups excluding carboxylic acids is 1. The van der Waals surface area contributed by atoms with Gasteiger partial charge >= 0.3 is 0 Å². The summed E-state index contributed by atoms with van der Waals surface area (Å²) in [6.45, 7) is 6.44. The zero-order valence-electron chi connectivity index (χ0n) is 15.5. The van der Waals surface area contributed by atoms with Crippen LogP contribution in [0.4, 0.5) is 0 Å².